The van der Waals surface area contributed by atoms with Crippen LogP contribution in [0.25, 0.3) is 11.1 Å². The van der Waals surface area contributed by atoms with Gasteiger partial charge < -0.3 is 11.1 Å². The Morgan fingerprint density at radius 1 is 0.960 bits per heavy atom. The molecule has 1 aliphatic heterocycles. The normalized spacial score (nSPS) is 15.7. The van der Waals surface area contributed by atoms with E-state index in [0.29, 0.717) is 6.54 Å². The molecular formula is C20H23N3O2. The molecule has 0 aromatic heterocycles. The monoisotopic (exact) mass is 337 g/mol. The highest BCUT2D eigenvalue weighted by atomic mass is 16.2. The van der Waals surface area contributed by atoms with Crippen LogP contribution in [0.1, 0.15) is 12.8 Å². The number of rotatable bonds is 5. The Balaban J connectivity index is 1.51. The number of piperidine rings is 1. The Bertz CT molecular complexity index is 720. The summed E-state index contributed by atoms with van der Waals surface area (Å²) in [6.45, 7) is 1.80. The number of carbonyl (C=O) groups excluding carboxylic acids is 2. The number of hydrogen-bond acceptors (Lipinski definition) is 3. The number of amides is 2. The lowest BCUT2D eigenvalue weighted by molar-refractivity contribution is -0.123. The predicted octanol–water partition coefficient (Wildman–Crippen LogP) is 2.49. The van der Waals surface area contributed by atoms with Crippen molar-refractivity contribution in [2.75, 3.05) is 25.0 Å². The number of likely N-dealkylation sites (tertiary alicyclic amines) is 1. The van der Waals surface area contributed by atoms with E-state index in [1.54, 1.807) is 0 Å². The van der Waals surface area contributed by atoms with Crippen LogP contribution in [0.2, 0.25) is 0 Å². The molecule has 0 unspecified atom stereocenters. The molecule has 3 N–H and O–H groups in total. The fourth-order valence-corrected chi connectivity index (χ4v) is 3.16. The van der Waals surface area contributed by atoms with E-state index in [1.807, 2.05) is 42.5 Å². The van der Waals surface area contributed by atoms with Gasteiger partial charge >= 0.3 is 0 Å². The van der Waals surface area contributed by atoms with Gasteiger partial charge in [0.15, 0.2) is 0 Å². The van der Waals surface area contributed by atoms with Crippen LogP contribution in [0.5, 0.6) is 0 Å². The van der Waals surface area contributed by atoms with Gasteiger partial charge in [0.2, 0.25) is 11.8 Å². The smallest absolute Gasteiger partial charge is 0.238 e. The van der Waals surface area contributed by atoms with E-state index in [-0.39, 0.29) is 17.7 Å². The van der Waals surface area contributed by atoms with Gasteiger partial charge in [0, 0.05) is 11.6 Å². The number of primary amides is 1. The summed E-state index contributed by atoms with van der Waals surface area (Å²) in [4.78, 5) is 25.4. The molecule has 5 nitrogen and oxygen atoms in total. The van der Waals surface area contributed by atoms with Gasteiger partial charge in [0.05, 0.1) is 6.54 Å². The summed E-state index contributed by atoms with van der Waals surface area (Å²) >= 11 is 0. The molecule has 1 aliphatic rings. The van der Waals surface area contributed by atoms with Gasteiger partial charge in [-0.1, -0.05) is 42.5 Å². The highest BCUT2D eigenvalue weighted by molar-refractivity contribution is 5.92. The van der Waals surface area contributed by atoms with E-state index < -0.39 is 0 Å². The van der Waals surface area contributed by atoms with Gasteiger partial charge in [-0.3, -0.25) is 14.5 Å². The second-order valence-electron chi connectivity index (χ2n) is 6.44. The Hall–Kier alpha value is -2.66. The molecule has 0 radical (unpaired) electrons. The first-order valence-corrected chi connectivity index (χ1v) is 8.59. The van der Waals surface area contributed by atoms with E-state index >= 15 is 0 Å². The highest BCUT2D eigenvalue weighted by Gasteiger charge is 2.24. The molecular weight excluding hydrogens is 314 g/mol. The molecule has 3 rings (SSSR count). The van der Waals surface area contributed by atoms with E-state index in [4.69, 9.17) is 5.73 Å². The molecule has 1 heterocycles. The summed E-state index contributed by atoms with van der Waals surface area (Å²) in [5.74, 6) is -0.322. The molecule has 0 aliphatic carbocycles. The first-order valence-electron chi connectivity index (χ1n) is 8.59. The first kappa shape index (κ1) is 17.2. The van der Waals surface area contributed by atoms with Crippen molar-refractivity contribution < 1.29 is 9.59 Å². The summed E-state index contributed by atoms with van der Waals surface area (Å²) in [7, 11) is 0. The lowest BCUT2D eigenvalue weighted by Gasteiger charge is -2.29. The van der Waals surface area contributed by atoms with E-state index in [2.05, 4.69) is 22.3 Å². The predicted molar refractivity (Wildman–Crippen MR) is 98.9 cm³/mol. The van der Waals surface area contributed by atoms with E-state index in [9.17, 15) is 9.59 Å². The number of hydrogen-bond donors (Lipinski definition) is 2. The van der Waals surface area contributed by atoms with Gasteiger partial charge in [-0.15, -0.1) is 0 Å². The zero-order valence-corrected chi connectivity index (χ0v) is 14.2. The van der Waals surface area contributed by atoms with Crippen LogP contribution in [-0.4, -0.2) is 36.3 Å². The summed E-state index contributed by atoms with van der Waals surface area (Å²) in [5, 5.41) is 2.93. The minimum absolute atomic E-state index is 0.0370. The van der Waals surface area contributed by atoms with Crippen LogP contribution in [0.3, 0.4) is 0 Å². The van der Waals surface area contributed by atoms with Gasteiger partial charge in [-0.25, -0.2) is 0 Å². The third kappa shape index (κ3) is 4.67. The van der Waals surface area contributed by atoms with Crippen molar-refractivity contribution >= 4 is 17.5 Å². The first-order chi connectivity index (χ1) is 12.1. The molecule has 2 aromatic carbocycles. The maximum absolute atomic E-state index is 12.2. The van der Waals surface area contributed by atoms with Gasteiger partial charge in [-0.05, 0) is 49.2 Å². The van der Waals surface area contributed by atoms with E-state index in [0.717, 1.165) is 42.7 Å². The lowest BCUT2D eigenvalue weighted by Crippen LogP contribution is -2.42. The SMILES string of the molecule is NC(=O)C1CCN(CC(=O)Nc2ccc(-c3ccccc3)cc2)CC1. The third-order valence-electron chi connectivity index (χ3n) is 4.63. The summed E-state index contributed by atoms with van der Waals surface area (Å²) in [6, 6.07) is 18.0. The standard InChI is InChI=1S/C20H23N3O2/c21-20(25)17-10-12-23(13-11-17)14-19(24)22-18-8-6-16(7-9-18)15-4-2-1-3-5-15/h1-9,17H,10-14H2,(H2,21,25)(H,22,24). The second-order valence-corrected chi connectivity index (χ2v) is 6.44. The summed E-state index contributed by atoms with van der Waals surface area (Å²) in [6.07, 6.45) is 1.46. The van der Waals surface area contributed by atoms with Crippen molar-refractivity contribution in [3.05, 3.63) is 54.6 Å². The number of nitrogens with two attached hydrogens (primary N) is 1. The minimum Gasteiger partial charge on any atom is -0.369 e. The quantitative estimate of drug-likeness (QED) is 0.880. The van der Waals surface area contributed by atoms with Crippen LogP contribution < -0.4 is 11.1 Å². The molecule has 1 fully saturated rings. The van der Waals surface area contributed by atoms with Crippen molar-refractivity contribution in [1.82, 2.24) is 4.90 Å². The minimum atomic E-state index is -0.234. The molecule has 2 amide bonds. The van der Waals surface area contributed by atoms with Gasteiger partial charge in [-0.2, -0.15) is 0 Å². The maximum atomic E-state index is 12.2. The second kappa shape index (κ2) is 7.94. The Morgan fingerprint density at radius 3 is 2.16 bits per heavy atom. The maximum Gasteiger partial charge on any atom is 0.238 e. The fraction of sp³-hybridized carbons (Fsp3) is 0.300. The largest absolute Gasteiger partial charge is 0.369 e. The summed E-state index contributed by atoms with van der Waals surface area (Å²) < 4.78 is 0. The Kier molecular flexibility index (Phi) is 5.46. The van der Waals surface area contributed by atoms with Crippen LogP contribution in [0.4, 0.5) is 5.69 Å². The van der Waals surface area contributed by atoms with Crippen LogP contribution in [0.15, 0.2) is 54.6 Å². The Morgan fingerprint density at radius 2 is 1.56 bits per heavy atom. The van der Waals surface area contributed by atoms with E-state index in [1.165, 1.54) is 0 Å². The third-order valence-corrected chi connectivity index (χ3v) is 4.63. The molecule has 1 saturated heterocycles. The lowest BCUT2D eigenvalue weighted by atomic mass is 9.96. The molecule has 0 bridgehead atoms. The van der Waals surface area contributed by atoms with Crippen LogP contribution >= 0.6 is 0 Å². The average molecular weight is 337 g/mol. The average Bonchev–Trinajstić information content (AvgIpc) is 2.63. The highest BCUT2D eigenvalue weighted by Crippen LogP contribution is 2.21. The number of nitrogens with one attached hydrogen (secondary N) is 1. The summed E-state index contributed by atoms with van der Waals surface area (Å²) in [5.41, 5.74) is 8.39. The van der Waals surface area contributed by atoms with Crippen molar-refractivity contribution in [3.8, 4) is 11.1 Å². The topological polar surface area (TPSA) is 75.4 Å². The van der Waals surface area contributed by atoms with Crippen LogP contribution in [0, 0.1) is 5.92 Å². The number of benzene rings is 2. The van der Waals surface area contributed by atoms with Crippen molar-refractivity contribution in [2.45, 2.75) is 12.8 Å². The molecule has 0 spiro atoms. The molecule has 2 aromatic rings. The number of anilines is 1. The van der Waals surface area contributed by atoms with Gasteiger partial charge in [0.25, 0.3) is 0 Å². The van der Waals surface area contributed by atoms with Crippen molar-refractivity contribution in [3.63, 3.8) is 0 Å². The molecule has 25 heavy (non-hydrogen) atoms. The number of nitrogens with zero attached hydrogens (tertiary/aromatic N) is 1. The van der Waals surface area contributed by atoms with Gasteiger partial charge in [0.1, 0.15) is 0 Å². The fourth-order valence-electron chi connectivity index (χ4n) is 3.16. The number of carbonyl (C=O) groups is 2. The van der Waals surface area contributed by atoms with Crippen LogP contribution in [-0.2, 0) is 9.59 Å². The van der Waals surface area contributed by atoms with Crippen molar-refractivity contribution in [1.29, 1.82) is 0 Å². The molecule has 5 heteroatoms. The Labute approximate surface area is 147 Å². The van der Waals surface area contributed by atoms with Crippen molar-refractivity contribution in [2.24, 2.45) is 11.7 Å². The zero-order valence-electron chi connectivity index (χ0n) is 14.2. The molecule has 0 saturated carbocycles. The molecule has 130 valence electrons. The zero-order chi connectivity index (χ0) is 17.6. The molecule has 0 atom stereocenters.